The summed E-state index contributed by atoms with van der Waals surface area (Å²) in [7, 11) is 0. The molecule has 0 saturated carbocycles. The maximum absolute atomic E-state index is 12.2. The van der Waals surface area contributed by atoms with Gasteiger partial charge in [0.05, 0.1) is 10.9 Å². The number of aromatic nitrogens is 2. The number of nitrogen functional groups attached to an aromatic ring is 1. The summed E-state index contributed by atoms with van der Waals surface area (Å²) in [6, 6.07) is 15.9. The molecule has 0 spiro atoms. The average Bonchev–Trinajstić information content (AvgIpc) is 2.51. The molecule has 0 aliphatic carbocycles. The molecule has 3 aromatic rings. The molecule has 1 atom stereocenters. The molecule has 1 aromatic heterocycles. The maximum Gasteiger partial charge on any atom is 0.279 e. The molecule has 5 heteroatoms. The van der Waals surface area contributed by atoms with Crippen LogP contribution in [0, 0.1) is 0 Å². The fourth-order valence-corrected chi connectivity index (χ4v) is 2.14. The quantitative estimate of drug-likeness (QED) is 0.683. The molecule has 20 heavy (non-hydrogen) atoms. The van der Waals surface area contributed by atoms with Gasteiger partial charge in [0, 0.05) is 0 Å². The molecule has 0 fully saturated rings. The van der Waals surface area contributed by atoms with Gasteiger partial charge in [0.25, 0.3) is 5.56 Å². The van der Waals surface area contributed by atoms with Crippen molar-refractivity contribution < 1.29 is 5.11 Å². The molecular weight excluding hydrogens is 254 g/mol. The molecule has 3 N–H and O–H groups in total. The number of para-hydroxylation sites is 1. The van der Waals surface area contributed by atoms with E-state index in [1.165, 1.54) is 0 Å². The van der Waals surface area contributed by atoms with E-state index in [2.05, 4.69) is 4.98 Å². The Morgan fingerprint density at radius 3 is 2.45 bits per heavy atom. The topological polar surface area (TPSA) is 81.1 Å². The van der Waals surface area contributed by atoms with Gasteiger partial charge < -0.3 is 10.9 Å². The van der Waals surface area contributed by atoms with Gasteiger partial charge in [-0.15, -0.1) is 0 Å². The van der Waals surface area contributed by atoms with Crippen molar-refractivity contribution in [2.75, 3.05) is 5.84 Å². The van der Waals surface area contributed by atoms with E-state index < -0.39 is 6.10 Å². The van der Waals surface area contributed by atoms with Gasteiger partial charge in [-0.1, -0.05) is 42.5 Å². The predicted molar refractivity (Wildman–Crippen MR) is 76.7 cm³/mol. The smallest absolute Gasteiger partial charge is 0.279 e. The van der Waals surface area contributed by atoms with E-state index in [4.69, 9.17) is 5.84 Å². The van der Waals surface area contributed by atoms with Crippen LogP contribution in [0.25, 0.3) is 10.9 Å². The second-order valence-corrected chi connectivity index (χ2v) is 4.48. The predicted octanol–water partition coefficient (Wildman–Crippen LogP) is 1.19. The van der Waals surface area contributed by atoms with Gasteiger partial charge in [-0.05, 0) is 17.7 Å². The Balaban J connectivity index is 2.22. The molecule has 0 bridgehead atoms. The summed E-state index contributed by atoms with van der Waals surface area (Å²) >= 11 is 0. The number of hydrogen-bond acceptors (Lipinski definition) is 4. The Hall–Kier alpha value is -2.66. The molecule has 1 heterocycles. The molecule has 3 rings (SSSR count). The van der Waals surface area contributed by atoms with E-state index in [1.54, 1.807) is 48.5 Å². The molecule has 0 amide bonds. The van der Waals surface area contributed by atoms with Gasteiger partial charge in [-0.2, -0.15) is 0 Å². The van der Waals surface area contributed by atoms with Crippen molar-refractivity contribution in [1.29, 1.82) is 0 Å². The lowest BCUT2D eigenvalue weighted by Gasteiger charge is -2.14. The van der Waals surface area contributed by atoms with Crippen LogP contribution >= 0.6 is 0 Å². The molecule has 100 valence electrons. The van der Waals surface area contributed by atoms with E-state index in [1.807, 2.05) is 6.07 Å². The third-order valence-corrected chi connectivity index (χ3v) is 3.19. The van der Waals surface area contributed by atoms with Gasteiger partial charge in [-0.3, -0.25) is 4.79 Å². The molecule has 5 nitrogen and oxygen atoms in total. The van der Waals surface area contributed by atoms with Crippen LogP contribution in [0.4, 0.5) is 0 Å². The van der Waals surface area contributed by atoms with Gasteiger partial charge in [0.15, 0.2) is 5.82 Å². The largest absolute Gasteiger partial charge is 0.380 e. The van der Waals surface area contributed by atoms with Crippen LogP contribution in [0.2, 0.25) is 0 Å². The number of aliphatic hydroxyl groups excluding tert-OH is 1. The summed E-state index contributed by atoms with van der Waals surface area (Å²) in [5.74, 6) is 5.89. The molecule has 2 aromatic carbocycles. The van der Waals surface area contributed by atoms with Gasteiger partial charge in [0.2, 0.25) is 0 Å². The number of fused-ring (bicyclic) bond motifs is 1. The van der Waals surface area contributed by atoms with Crippen LogP contribution in [0.5, 0.6) is 0 Å². The van der Waals surface area contributed by atoms with E-state index in [0.717, 1.165) is 4.68 Å². The molecule has 0 saturated heterocycles. The Labute approximate surface area is 114 Å². The van der Waals surface area contributed by atoms with Gasteiger partial charge in [0.1, 0.15) is 6.10 Å². The minimum Gasteiger partial charge on any atom is -0.380 e. The minimum atomic E-state index is -1.04. The second-order valence-electron chi connectivity index (χ2n) is 4.48. The highest BCUT2D eigenvalue weighted by molar-refractivity contribution is 5.77. The Morgan fingerprint density at radius 2 is 1.70 bits per heavy atom. The Bertz CT molecular complexity index is 812. The first-order valence-corrected chi connectivity index (χ1v) is 6.18. The number of aliphatic hydroxyl groups is 1. The first-order valence-electron chi connectivity index (χ1n) is 6.18. The van der Waals surface area contributed by atoms with E-state index in [9.17, 15) is 9.90 Å². The lowest BCUT2D eigenvalue weighted by atomic mass is 10.1. The van der Waals surface area contributed by atoms with Crippen LogP contribution in [0.3, 0.4) is 0 Å². The lowest BCUT2D eigenvalue weighted by molar-refractivity contribution is 0.205. The summed E-state index contributed by atoms with van der Waals surface area (Å²) in [4.78, 5) is 16.5. The van der Waals surface area contributed by atoms with E-state index >= 15 is 0 Å². The summed E-state index contributed by atoms with van der Waals surface area (Å²) in [5.41, 5.74) is 0.777. The number of rotatable bonds is 2. The molecular formula is C15H13N3O2. The third kappa shape index (κ3) is 1.94. The highest BCUT2D eigenvalue weighted by Gasteiger charge is 2.18. The van der Waals surface area contributed by atoms with Crippen LogP contribution in [0.15, 0.2) is 59.4 Å². The van der Waals surface area contributed by atoms with Crippen molar-refractivity contribution in [2.24, 2.45) is 0 Å². The summed E-state index contributed by atoms with van der Waals surface area (Å²) in [5, 5.41) is 10.8. The number of hydrogen-bond donors (Lipinski definition) is 2. The second kappa shape index (κ2) is 4.79. The maximum atomic E-state index is 12.2. The SMILES string of the molecule is Nn1c(C(O)c2ccccc2)nc2ccccc2c1=O. The first kappa shape index (κ1) is 12.4. The fraction of sp³-hybridized carbons (Fsp3) is 0.0667. The zero-order valence-electron chi connectivity index (χ0n) is 10.6. The average molecular weight is 267 g/mol. The van der Waals surface area contributed by atoms with Crippen molar-refractivity contribution in [3.63, 3.8) is 0 Å². The van der Waals surface area contributed by atoms with Crippen LogP contribution in [-0.2, 0) is 0 Å². The van der Waals surface area contributed by atoms with E-state index in [-0.39, 0.29) is 11.4 Å². The summed E-state index contributed by atoms with van der Waals surface area (Å²) < 4.78 is 0.903. The zero-order chi connectivity index (χ0) is 14.1. The zero-order valence-corrected chi connectivity index (χ0v) is 10.6. The molecule has 0 radical (unpaired) electrons. The fourth-order valence-electron chi connectivity index (χ4n) is 2.14. The highest BCUT2D eigenvalue weighted by atomic mass is 16.3. The molecule has 1 unspecified atom stereocenters. The summed E-state index contributed by atoms with van der Waals surface area (Å²) in [6.07, 6.45) is -1.04. The standard InChI is InChI=1S/C15H13N3O2/c16-18-14(13(19)10-6-2-1-3-7-10)17-12-9-5-4-8-11(12)15(18)20/h1-9,13,19H,16H2. The van der Waals surface area contributed by atoms with Crippen LogP contribution in [0.1, 0.15) is 17.5 Å². The van der Waals surface area contributed by atoms with Crippen LogP contribution < -0.4 is 11.4 Å². The van der Waals surface area contributed by atoms with Crippen molar-refractivity contribution in [3.05, 3.63) is 76.3 Å². The highest BCUT2D eigenvalue weighted by Crippen LogP contribution is 2.19. The number of nitrogens with zero attached hydrogens (tertiary/aromatic N) is 2. The first-order chi connectivity index (χ1) is 9.68. The van der Waals surface area contributed by atoms with Crippen LogP contribution in [-0.4, -0.2) is 14.8 Å². The number of nitrogens with two attached hydrogens (primary N) is 1. The summed E-state index contributed by atoms with van der Waals surface area (Å²) in [6.45, 7) is 0. The van der Waals surface area contributed by atoms with Gasteiger partial charge >= 0.3 is 0 Å². The van der Waals surface area contributed by atoms with Crippen molar-refractivity contribution in [3.8, 4) is 0 Å². The van der Waals surface area contributed by atoms with E-state index in [0.29, 0.717) is 16.5 Å². The monoisotopic (exact) mass is 267 g/mol. The molecule has 0 aliphatic heterocycles. The molecule has 0 aliphatic rings. The van der Waals surface area contributed by atoms with Crippen molar-refractivity contribution in [1.82, 2.24) is 9.66 Å². The Kier molecular flexibility index (Phi) is 2.96. The number of benzene rings is 2. The normalized spacial score (nSPS) is 12.4. The lowest BCUT2D eigenvalue weighted by Crippen LogP contribution is -2.33. The van der Waals surface area contributed by atoms with Gasteiger partial charge in [-0.25, -0.2) is 9.66 Å². The minimum absolute atomic E-state index is 0.125. The van der Waals surface area contributed by atoms with Crippen molar-refractivity contribution in [2.45, 2.75) is 6.10 Å². The Morgan fingerprint density at radius 1 is 1.05 bits per heavy atom. The third-order valence-electron chi connectivity index (χ3n) is 3.19. The van der Waals surface area contributed by atoms with Crippen molar-refractivity contribution >= 4 is 10.9 Å².